The Morgan fingerprint density at radius 3 is 1.74 bits per heavy atom. The van der Waals surface area contributed by atoms with Crippen molar-refractivity contribution in [2.75, 3.05) is 36.9 Å². The minimum absolute atomic E-state index is 0. The highest BCUT2D eigenvalue weighted by Gasteiger charge is 2.33. The van der Waals surface area contributed by atoms with E-state index in [9.17, 15) is 9.59 Å². The number of carbonyl (C=O) groups excluding carboxylic acids is 2. The van der Waals surface area contributed by atoms with E-state index in [1.165, 1.54) is 0 Å². The number of ketones is 2. The van der Waals surface area contributed by atoms with Gasteiger partial charge in [-0.1, -0.05) is 24.3 Å². The van der Waals surface area contributed by atoms with Gasteiger partial charge in [0.05, 0.1) is 17.7 Å². The minimum Gasteiger partial charge on any atom is -1.00 e. The van der Waals surface area contributed by atoms with E-state index in [0.29, 0.717) is 53.1 Å². The smallest absolute Gasteiger partial charge is 0.196 e. The number of quaternary nitrogens is 1. The summed E-state index contributed by atoms with van der Waals surface area (Å²) in [5.41, 5.74) is 6.84. The lowest BCUT2D eigenvalue weighted by atomic mass is 9.82. The quantitative estimate of drug-likeness (QED) is 0.344. The number of anilines is 2. The Hall–Kier alpha value is -2.41. The number of aliphatic hydroxyl groups is 1. The molecule has 3 rings (SSSR count). The molecule has 0 saturated heterocycles. The number of hydrogen-bond acceptors (Lipinski definition) is 5. The van der Waals surface area contributed by atoms with Gasteiger partial charge in [0.2, 0.25) is 0 Å². The molecule has 1 aliphatic rings. The first-order valence-electron chi connectivity index (χ1n) is 8.92. The van der Waals surface area contributed by atoms with Gasteiger partial charge in [0.15, 0.2) is 11.6 Å². The Balaban J connectivity index is 0.00000261. The Kier molecular flexibility index (Phi) is 7.36. The zero-order valence-electron chi connectivity index (χ0n) is 15.1. The summed E-state index contributed by atoms with van der Waals surface area (Å²) in [5, 5.41) is 15.4. The molecule has 0 amide bonds. The van der Waals surface area contributed by atoms with E-state index >= 15 is 0 Å². The third-order valence-corrected chi connectivity index (χ3v) is 4.47. The molecule has 0 aliphatic heterocycles. The third kappa shape index (κ3) is 4.13. The van der Waals surface area contributed by atoms with Crippen LogP contribution < -0.4 is 28.8 Å². The fraction of sp³-hybridized carbons (Fsp3) is 0.300. The Bertz CT molecular complexity index is 771. The van der Waals surface area contributed by atoms with Crippen LogP contribution in [0.5, 0.6) is 0 Å². The van der Waals surface area contributed by atoms with E-state index in [2.05, 4.69) is 16.4 Å². The highest BCUT2D eigenvalue weighted by atomic mass is 35.5. The summed E-state index contributed by atoms with van der Waals surface area (Å²) in [6.07, 6.45) is 1.45. The van der Waals surface area contributed by atoms with Gasteiger partial charge in [-0.2, -0.15) is 0 Å². The predicted molar refractivity (Wildman–Crippen MR) is 101 cm³/mol. The number of aliphatic hydroxyl groups excluding tert-OH is 1. The SMILES string of the molecule is [Cl-].[NH3+]CCCNc1ccc(NCCCO)c2c1C(=O)c1ccccc1C2=O. The zero-order valence-corrected chi connectivity index (χ0v) is 15.8. The van der Waals surface area contributed by atoms with Crippen LogP contribution in [-0.2, 0) is 0 Å². The van der Waals surface area contributed by atoms with Crippen LogP contribution in [0.2, 0.25) is 0 Å². The second kappa shape index (κ2) is 9.50. The van der Waals surface area contributed by atoms with Gasteiger partial charge in [0.25, 0.3) is 0 Å². The molecule has 7 heteroatoms. The van der Waals surface area contributed by atoms with E-state index in [1.807, 2.05) is 12.1 Å². The summed E-state index contributed by atoms with van der Waals surface area (Å²) in [6, 6.07) is 10.6. The van der Waals surface area contributed by atoms with Crippen molar-refractivity contribution in [2.45, 2.75) is 12.8 Å². The van der Waals surface area contributed by atoms with Gasteiger partial charge in [0.1, 0.15) is 0 Å². The summed E-state index contributed by atoms with van der Waals surface area (Å²) >= 11 is 0. The molecule has 0 spiro atoms. The number of benzene rings is 2. The molecule has 2 aromatic rings. The monoisotopic (exact) mass is 389 g/mol. The topological polar surface area (TPSA) is 106 Å². The van der Waals surface area contributed by atoms with Gasteiger partial charge in [-0.3, -0.25) is 9.59 Å². The largest absolute Gasteiger partial charge is 1.00 e. The van der Waals surface area contributed by atoms with Gasteiger partial charge in [-0.15, -0.1) is 0 Å². The molecule has 6 N–H and O–H groups in total. The molecule has 2 aromatic carbocycles. The average molecular weight is 390 g/mol. The van der Waals surface area contributed by atoms with Crippen LogP contribution in [0.15, 0.2) is 36.4 Å². The van der Waals surface area contributed by atoms with Crippen LogP contribution in [0.4, 0.5) is 11.4 Å². The summed E-state index contributed by atoms with van der Waals surface area (Å²) in [4.78, 5) is 26.2. The van der Waals surface area contributed by atoms with Crippen LogP contribution in [-0.4, -0.2) is 42.9 Å². The molecule has 0 heterocycles. The van der Waals surface area contributed by atoms with E-state index in [-0.39, 0.29) is 30.6 Å². The van der Waals surface area contributed by atoms with Gasteiger partial charge >= 0.3 is 0 Å². The lowest BCUT2D eigenvalue weighted by Crippen LogP contribution is -3.00. The molecule has 0 aromatic heterocycles. The van der Waals surface area contributed by atoms with Crippen molar-refractivity contribution in [3.05, 3.63) is 58.7 Å². The van der Waals surface area contributed by atoms with E-state index in [4.69, 9.17) is 5.11 Å². The molecule has 27 heavy (non-hydrogen) atoms. The second-order valence-electron chi connectivity index (χ2n) is 6.25. The Labute approximate surface area is 164 Å². The zero-order chi connectivity index (χ0) is 18.5. The van der Waals surface area contributed by atoms with Crippen molar-refractivity contribution in [3.63, 3.8) is 0 Å². The molecule has 0 atom stereocenters. The molecule has 144 valence electrons. The first-order chi connectivity index (χ1) is 12.7. The van der Waals surface area contributed by atoms with E-state index in [1.54, 1.807) is 24.3 Å². The normalized spacial score (nSPS) is 12.1. The standard InChI is InChI=1S/C20H23N3O3.ClH/c21-9-3-10-22-15-7-8-16(23-11-4-12-24)18-17(15)19(25)13-5-1-2-6-14(13)20(18)26;/h1-2,5-8,22-24H,3-4,9-12,21H2;1H. The van der Waals surface area contributed by atoms with Crippen molar-refractivity contribution < 1.29 is 32.8 Å². The predicted octanol–water partition coefficient (Wildman–Crippen LogP) is -1.70. The molecule has 0 bridgehead atoms. The lowest BCUT2D eigenvalue weighted by Gasteiger charge is -2.23. The van der Waals surface area contributed by atoms with E-state index < -0.39 is 0 Å². The maximum atomic E-state index is 13.1. The van der Waals surface area contributed by atoms with Crippen LogP contribution in [0.25, 0.3) is 0 Å². The first kappa shape index (κ1) is 20.9. The van der Waals surface area contributed by atoms with Crippen LogP contribution in [0, 0.1) is 0 Å². The maximum Gasteiger partial charge on any atom is 0.196 e. The number of rotatable bonds is 8. The summed E-state index contributed by atoms with van der Waals surface area (Å²) in [6.45, 7) is 2.08. The fourth-order valence-corrected chi connectivity index (χ4v) is 3.17. The molecule has 6 nitrogen and oxygen atoms in total. The number of hydrogen-bond donors (Lipinski definition) is 4. The molecule has 0 fully saturated rings. The van der Waals surface area contributed by atoms with Gasteiger partial charge in [0, 0.05) is 48.6 Å². The van der Waals surface area contributed by atoms with Crippen LogP contribution in [0.3, 0.4) is 0 Å². The van der Waals surface area contributed by atoms with Crippen LogP contribution in [0.1, 0.15) is 44.7 Å². The van der Waals surface area contributed by atoms with Gasteiger partial charge in [-0.05, 0) is 18.6 Å². The fourth-order valence-electron chi connectivity index (χ4n) is 3.17. The van der Waals surface area contributed by atoms with Crippen molar-refractivity contribution in [3.8, 4) is 0 Å². The van der Waals surface area contributed by atoms with Crippen molar-refractivity contribution in [2.24, 2.45) is 0 Å². The third-order valence-electron chi connectivity index (χ3n) is 4.47. The second-order valence-corrected chi connectivity index (χ2v) is 6.25. The highest BCUT2D eigenvalue weighted by Crippen LogP contribution is 2.36. The first-order valence-corrected chi connectivity index (χ1v) is 8.92. The number of fused-ring (bicyclic) bond motifs is 2. The summed E-state index contributed by atoms with van der Waals surface area (Å²) in [7, 11) is 0. The number of carbonyl (C=O) groups is 2. The maximum absolute atomic E-state index is 13.1. The Morgan fingerprint density at radius 1 is 0.815 bits per heavy atom. The minimum atomic E-state index is -0.150. The van der Waals surface area contributed by atoms with Gasteiger partial charge in [-0.25, -0.2) is 0 Å². The van der Waals surface area contributed by atoms with Crippen molar-refractivity contribution in [1.82, 2.24) is 0 Å². The summed E-state index contributed by atoms with van der Waals surface area (Å²) < 4.78 is 0. The molecule has 1 aliphatic carbocycles. The van der Waals surface area contributed by atoms with Crippen LogP contribution >= 0.6 is 0 Å². The molecule has 0 radical (unpaired) electrons. The van der Waals surface area contributed by atoms with Crippen molar-refractivity contribution >= 4 is 22.9 Å². The van der Waals surface area contributed by atoms with Crippen molar-refractivity contribution in [1.29, 1.82) is 0 Å². The highest BCUT2D eigenvalue weighted by molar-refractivity contribution is 6.31. The molecular formula is C20H24ClN3O3. The Morgan fingerprint density at radius 2 is 1.30 bits per heavy atom. The van der Waals surface area contributed by atoms with Gasteiger partial charge < -0.3 is 33.9 Å². The lowest BCUT2D eigenvalue weighted by molar-refractivity contribution is -0.367. The number of halogens is 1. The van der Waals surface area contributed by atoms with E-state index in [0.717, 1.165) is 13.0 Å². The summed E-state index contributed by atoms with van der Waals surface area (Å²) in [5.74, 6) is -0.291. The molecule has 0 saturated carbocycles. The molecule has 0 unspecified atom stereocenters. The number of nitrogens with one attached hydrogen (secondary N) is 2. The molecular weight excluding hydrogens is 366 g/mol. The average Bonchev–Trinajstić information content (AvgIpc) is 2.67.